The van der Waals surface area contributed by atoms with Gasteiger partial charge in [0.15, 0.2) is 0 Å². The molecule has 1 heterocycles. The van der Waals surface area contributed by atoms with Gasteiger partial charge in [0.05, 0.1) is 13.2 Å². The number of hydrogen-bond donors (Lipinski definition) is 1. The van der Waals surface area contributed by atoms with Gasteiger partial charge in [0.25, 0.3) is 0 Å². The van der Waals surface area contributed by atoms with Crippen molar-refractivity contribution >= 4 is 5.97 Å². The lowest BCUT2D eigenvalue weighted by Crippen LogP contribution is -2.41. The molecule has 1 aliphatic heterocycles. The first kappa shape index (κ1) is 9.68. The second kappa shape index (κ2) is 3.71. The summed E-state index contributed by atoms with van der Waals surface area (Å²) >= 11 is 0. The highest BCUT2D eigenvalue weighted by molar-refractivity contribution is 5.66. The van der Waals surface area contributed by atoms with Crippen LogP contribution in [0.3, 0.4) is 0 Å². The van der Waals surface area contributed by atoms with Crippen LogP contribution in [0.1, 0.15) is 6.92 Å². The molecule has 14 heavy (non-hydrogen) atoms. The van der Waals surface area contributed by atoms with Gasteiger partial charge in [0, 0.05) is 18.8 Å². The third-order valence-electron chi connectivity index (χ3n) is 2.80. The van der Waals surface area contributed by atoms with E-state index in [4.69, 9.17) is 9.47 Å². The van der Waals surface area contributed by atoms with Gasteiger partial charge >= 0.3 is 5.97 Å². The van der Waals surface area contributed by atoms with Crippen LogP contribution >= 0.6 is 0 Å². The van der Waals surface area contributed by atoms with E-state index in [0.717, 1.165) is 0 Å². The Kier molecular flexibility index (Phi) is 2.56. The lowest BCUT2D eigenvalue weighted by atomic mass is 9.83. The lowest BCUT2D eigenvalue weighted by Gasteiger charge is -2.30. The molecule has 2 aliphatic rings. The van der Waals surface area contributed by atoms with Crippen molar-refractivity contribution in [2.75, 3.05) is 13.2 Å². The van der Waals surface area contributed by atoms with E-state index in [1.165, 1.54) is 6.92 Å². The van der Waals surface area contributed by atoms with Crippen molar-refractivity contribution in [1.29, 1.82) is 0 Å². The maximum atomic E-state index is 10.8. The van der Waals surface area contributed by atoms with Gasteiger partial charge in [-0.25, -0.2) is 0 Å². The quantitative estimate of drug-likeness (QED) is 0.480. The average molecular weight is 198 g/mol. The largest absolute Gasteiger partial charge is 0.456 e. The number of esters is 1. The number of aliphatic hydroxyl groups excluding tert-OH is 1. The number of aliphatic hydroxyl groups is 1. The average Bonchev–Trinajstić information content (AvgIpc) is 2.57. The van der Waals surface area contributed by atoms with E-state index in [9.17, 15) is 9.90 Å². The molecule has 0 bridgehead atoms. The summed E-state index contributed by atoms with van der Waals surface area (Å²) in [7, 11) is 0. The van der Waals surface area contributed by atoms with E-state index in [0.29, 0.717) is 13.2 Å². The molecule has 4 nitrogen and oxygen atoms in total. The molecular weight excluding hydrogens is 184 g/mol. The number of hydrogen-bond acceptors (Lipinski definition) is 4. The molecule has 4 heteroatoms. The Labute approximate surface area is 82.5 Å². The highest BCUT2D eigenvalue weighted by atomic mass is 16.6. The molecule has 0 spiro atoms. The van der Waals surface area contributed by atoms with E-state index in [1.54, 1.807) is 6.08 Å². The summed E-state index contributed by atoms with van der Waals surface area (Å²) in [6, 6.07) is 0. The summed E-state index contributed by atoms with van der Waals surface area (Å²) in [4.78, 5) is 10.8. The Hall–Kier alpha value is -0.870. The Bertz CT molecular complexity index is 261. The van der Waals surface area contributed by atoms with Crippen LogP contribution in [0, 0.1) is 11.8 Å². The van der Waals surface area contributed by atoms with Gasteiger partial charge in [-0.2, -0.15) is 0 Å². The third-order valence-corrected chi connectivity index (χ3v) is 2.80. The van der Waals surface area contributed by atoms with Crippen LogP contribution in [0.2, 0.25) is 0 Å². The summed E-state index contributed by atoms with van der Waals surface area (Å²) in [5.74, 6) is -0.0165. The maximum Gasteiger partial charge on any atom is 0.303 e. The lowest BCUT2D eigenvalue weighted by molar-refractivity contribution is -0.151. The molecule has 4 atom stereocenters. The van der Waals surface area contributed by atoms with Crippen molar-refractivity contribution in [1.82, 2.24) is 0 Å². The molecule has 2 rings (SSSR count). The second-order valence-electron chi connectivity index (χ2n) is 3.81. The van der Waals surface area contributed by atoms with Crippen LogP contribution in [-0.4, -0.2) is 36.5 Å². The number of ether oxygens (including phenoxy) is 2. The zero-order valence-electron chi connectivity index (χ0n) is 8.05. The number of rotatable bonds is 1. The first-order chi connectivity index (χ1) is 6.68. The van der Waals surface area contributed by atoms with E-state index >= 15 is 0 Å². The maximum absolute atomic E-state index is 10.8. The zero-order valence-corrected chi connectivity index (χ0v) is 8.05. The SMILES string of the molecule is CC(=O)O[C@@H]1C=C[C@H]2COC[C@H]2[C@@H]1O. The molecule has 1 N–H and O–H groups in total. The molecule has 0 amide bonds. The summed E-state index contributed by atoms with van der Waals surface area (Å²) in [6.45, 7) is 2.55. The van der Waals surface area contributed by atoms with Crippen molar-refractivity contribution in [3.8, 4) is 0 Å². The topological polar surface area (TPSA) is 55.8 Å². The molecular formula is C10H14O4. The third kappa shape index (κ3) is 1.67. The molecule has 0 unspecified atom stereocenters. The fourth-order valence-electron chi connectivity index (χ4n) is 2.05. The van der Waals surface area contributed by atoms with Gasteiger partial charge in [0.1, 0.15) is 12.2 Å². The molecule has 1 aliphatic carbocycles. The fraction of sp³-hybridized carbons (Fsp3) is 0.700. The number of carbonyl (C=O) groups is 1. The molecule has 0 aromatic heterocycles. The summed E-state index contributed by atoms with van der Waals surface area (Å²) in [6.07, 6.45) is 2.59. The Balaban J connectivity index is 2.07. The summed E-state index contributed by atoms with van der Waals surface area (Å²) < 4.78 is 10.2. The van der Waals surface area contributed by atoms with E-state index in [-0.39, 0.29) is 17.8 Å². The summed E-state index contributed by atoms with van der Waals surface area (Å²) in [5.41, 5.74) is 0. The van der Waals surface area contributed by atoms with E-state index < -0.39 is 12.2 Å². The van der Waals surface area contributed by atoms with Crippen molar-refractivity contribution in [3.05, 3.63) is 12.2 Å². The number of carbonyl (C=O) groups excluding carboxylic acids is 1. The standard InChI is InChI=1S/C10H14O4/c1-6(11)14-9-3-2-7-4-13-5-8(7)10(9)12/h2-3,7-10,12H,4-5H2,1H3/t7-,8+,9+,10-/m0/s1. The van der Waals surface area contributed by atoms with E-state index in [2.05, 4.69) is 0 Å². The Morgan fingerprint density at radius 3 is 3.00 bits per heavy atom. The zero-order chi connectivity index (χ0) is 10.1. The number of fused-ring (bicyclic) bond motifs is 1. The van der Waals surface area contributed by atoms with Gasteiger partial charge < -0.3 is 14.6 Å². The van der Waals surface area contributed by atoms with Crippen LogP contribution in [0.4, 0.5) is 0 Å². The van der Waals surface area contributed by atoms with Gasteiger partial charge in [-0.05, 0) is 6.08 Å². The molecule has 0 saturated carbocycles. The minimum absolute atomic E-state index is 0.0735. The first-order valence-electron chi connectivity index (χ1n) is 4.80. The normalized spacial score (nSPS) is 40.7. The smallest absolute Gasteiger partial charge is 0.303 e. The van der Waals surface area contributed by atoms with Crippen molar-refractivity contribution in [2.45, 2.75) is 19.1 Å². The minimum atomic E-state index is -0.628. The van der Waals surface area contributed by atoms with Gasteiger partial charge in [-0.1, -0.05) is 6.08 Å². The van der Waals surface area contributed by atoms with Gasteiger partial charge in [-0.3, -0.25) is 4.79 Å². The van der Waals surface area contributed by atoms with Crippen LogP contribution in [0.15, 0.2) is 12.2 Å². The predicted molar refractivity (Wildman–Crippen MR) is 48.5 cm³/mol. The molecule has 1 fully saturated rings. The predicted octanol–water partition coefficient (Wildman–Crippen LogP) is 0.111. The van der Waals surface area contributed by atoms with Crippen LogP contribution in [0.5, 0.6) is 0 Å². The molecule has 0 aromatic carbocycles. The van der Waals surface area contributed by atoms with Crippen molar-refractivity contribution < 1.29 is 19.4 Å². The highest BCUT2D eigenvalue weighted by Gasteiger charge is 2.40. The van der Waals surface area contributed by atoms with E-state index in [1.807, 2.05) is 6.08 Å². The highest BCUT2D eigenvalue weighted by Crippen LogP contribution is 2.31. The molecule has 78 valence electrons. The van der Waals surface area contributed by atoms with Crippen molar-refractivity contribution in [2.24, 2.45) is 11.8 Å². The Morgan fingerprint density at radius 2 is 2.29 bits per heavy atom. The minimum Gasteiger partial charge on any atom is -0.456 e. The second-order valence-corrected chi connectivity index (χ2v) is 3.81. The fourth-order valence-corrected chi connectivity index (χ4v) is 2.05. The van der Waals surface area contributed by atoms with Gasteiger partial charge in [-0.15, -0.1) is 0 Å². The first-order valence-corrected chi connectivity index (χ1v) is 4.80. The Morgan fingerprint density at radius 1 is 1.50 bits per heavy atom. The van der Waals surface area contributed by atoms with Crippen molar-refractivity contribution in [3.63, 3.8) is 0 Å². The molecule has 0 aromatic rings. The monoisotopic (exact) mass is 198 g/mol. The van der Waals surface area contributed by atoms with Crippen LogP contribution in [-0.2, 0) is 14.3 Å². The summed E-state index contributed by atoms with van der Waals surface area (Å²) in [5, 5.41) is 9.88. The molecule has 0 radical (unpaired) electrons. The molecule has 1 saturated heterocycles. The van der Waals surface area contributed by atoms with Gasteiger partial charge in [0.2, 0.25) is 0 Å². The van der Waals surface area contributed by atoms with Crippen LogP contribution < -0.4 is 0 Å². The van der Waals surface area contributed by atoms with Crippen LogP contribution in [0.25, 0.3) is 0 Å².